The molecule has 5 rings (SSSR count). The molecule has 4 heterocycles. The quantitative estimate of drug-likeness (QED) is 0.862. The molecule has 1 atom stereocenters. The minimum atomic E-state index is -0.0792. The van der Waals surface area contributed by atoms with Gasteiger partial charge >= 0.3 is 0 Å². The van der Waals surface area contributed by atoms with Gasteiger partial charge in [0.25, 0.3) is 5.88 Å². The number of ether oxygens (including phenoxy) is 2. The van der Waals surface area contributed by atoms with Crippen molar-refractivity contribution in [2.24, 2.45) is 0 Å². The number of hydrogen-bond acceptors (Lipinski definition) is 4. The number of nitrogens with zero attached hydrogens (tertiary/aromatic N) is 2. The summed E-state index contributed by atoms with van der Waals surface area (Å²) in [5.74, 6) is 1.32. The van der Waals surface area contributed by atoms with E-state index >= 15 is 0 Å². The Labute approximate surface area is 142 Å². The smallest absolute Gasteiger partial charge is 0.257 e. The van der Waals surface area contributed by atoms with E-state index in [9.17, 15) is 0 Å². The zero-order chi connectivity index (χ0) is 15.9. The lowest BCUT2D eigenvalue weighted by Gasteiger charge is -2.26. The Morgan fingerprint density at radius 2 is 1.75 bits per heavy atom. The zero-order valence-electron chi connectivity index (χ0n) is 13.7. The van der Waals surface area contributed by atoms with Crippen molar-refractivity contribution >= 4 is 0 Å². The number of benzene rings is 1. The minimum Gasteiger partial charge on any atom is -0.484 e. The minimum absolute atomic E-state index is 0.0792. The van der Waals surface area contributed by atoms with Crippen molar-refractivity contribution in [2.75, 3.05) is 6.61 Å². The van der Waals surface area contributed by atoms with Gasteiger partial charge in [-0.2, -0.15) is 0 Å². The van der Waals surface area contributed by atoms with Crippen LogP contribution < -0.4 is 9.47 Å². The summed E-state index contributed by atoms with van der Waals surface area (Å²) >= 11 is 0. The van der Waals surface area contributed by atoms with Crippen LogP contribution in [0.5, 0.6) is 11.6 Å². The molecule has 3 aliphatic rings. The third-order valence-corrected chi connectivity index (χ3v) is 5.70. The first-order valence-electron chi connectivity index (χ1n) is 8.96. The van der Waals surface area contributed by atoms with E-state index in [1.54, 1.807) is 6.20 Å². The average Bonchev–Trinajstić information content (AvgIpc) is 3.21. The molecule has 3 aliphatic heterocycles. The predicted molar refractivity (Wildman–Crippen MR) is 91.1 cm³/mol. The fourth-order valence-electron chi connectivity index (χ4n) is 4.40. The van der Waals surface area contributed by atoms with Crippen molar-refractivity contribution in [3.8, 4) is 11.6 Å². The summed E-state index contributed by atoms with van der Waals surface area (Å²) in [5.41, 5.74) is 2.55. The number of pyridine rings is 1. The first-order valence-corrected chi connectivity index (χ1v) is 8.96. The van der Waals surface area contributed by atoms with Gasteiger partial charge in [-0.25, -0.2) is 4.98 Å². The van der Waals surface area contributed by atoms with Crippen molar-refractivity contribution < 1.29 is 9.47 Å². The summed E-state index contributed by atoms with van der Waals surface area (Å²) in [5, 5.41) is 0. The molecule has 2 aromatic rings. The van der Waals surface area contributed by atoms with E-state index in [0.717, 1.165) is 29.9 Å². The SMILES string of the molecule is c1cnc2c(c1)OC[C@H](c1ccc(CN3[C@H]4CC[C@H]3CC4)cc1)O2. The van der Waals surface area contributed by atoms with Crippen molar-refractivity contribution in [3.63, 3.8) is 0 Å². The van der Waals surface area contributed by atoms with Crippen LogP contribution in [0, 0.1) is 0 Å². The Balaban J connectivity index is 1.29. The molecule has 4 nitrogen and oxygen atoms in total. The normalized spacial score (nSPS) is 28.2. The van der Waals surface area contributed by atoms with Gasteiger partial charge < -0.3 is 9.47 Å². The van der Waals surface area contributed by atoms with E-state index < -0.39 is 0 Å². The fourth-order valence-corrected chi connectivity index (χ4v) is 4.40. The summed E-state index contributed by atoms with van der Waals surface area (Å²) in [4.78, 5) is 6.95. The Kier molecular flexibility index (Phi) is 3.44. The zero-order valence-corrected chi connectivity index (χ0v) is 13.7. The molecule has 2 fully saturated rings. The average molecular weight is 322 g/mol. The second-order valence-electron chi connectivity index (χ2n) is 7.10. The van der Waals surface area contributed by atoms with Crippen LogP contribution in [-0.2, 0) is 6.54 Å². The van der Waals surface area contributed by atoms with Gasteiger partial charge in [0.05, 0.1) is 0 Å². The van der Waals surface area contributed by atoms with E-state index in [-0.39, 0.29) is 6.10 Å². The van der Waals surface area contributed by atoms with Crippen LogP contribution >= 0.6 is 0 Å². The van der Waals surface area contributed by atoms with Gasteiger partial charge in [0, 0.05) is 24.8 Å². The topological polar surface area (TPSA) is 34.6 Å². The van der Waals surface area contributed by atoms with Gasteiger partial charge in [-0.1, -0.05) is 24.3 Å². The largest absolute Gasteiger partial charge is 0.484 e. The first-order chi connectivity index (χ1) is 11.9. The summed E-state index contributed by atoms with van der Waals surface area (Å²) < 4.78 is 11.8. The van der Waals surface area contributed by atoms with Gasteiger partial charge in [0.1, 0.15) is 6.61 Å². The number of fused-ring (bicyclic) bond motifs is 3. The Hall–Kier alpha value is -2.07. The highest BCUT2D eigenvalue weighted by molar-refractivity contribution is 5.36. The second kappa shape index (κ2) is 5.78. The lowest BCUT2D eigenvalue weighted by Crippen LogP contribution is -2.27. The highest BCUT2D eigenvalue weighted by Crippen LogP contribution is 2.38. The third kappa shape index (κ3) is 2.46. The first kappa shape index (κ1) is 14.3. The van der Waals surface area contributed by atoms with E-state index in [0.29, 0.717) is 12.5 Å². The van der Waals surface area contributed by atoms with Gasteiger partial charge in [0.2, 0.25) is 0 Å². The van der Waals surface area contributed by atoms with Crippen molar-refractivity contribution in [3.05, 3.63) is 53.7 Å². The molecule has 0 N–H and O–H groups in total. The summed E-state index contributed by atoms with van der Waals surface area (Å²) in [6.07, 6.45) is 7.22. The van der Waals surface area contributed by atoms with Crippen LogP contribution in [0.4, 0.5) is 0 Å². The molecule has 1 aromatic heterocycles. The lowest BCUT2D eigenvalue weighted by atomic mass is 10.0. The molecule has 0 saturated carbocycles. The Bertz CT molecular complexity index is 711. The van der Waals surface area contributed by atoms with Crippen LogP contribution in [0.1, 0.15) is 42.9 Å². The van der Waals surface area contributed by atoms with Crippen LogP contribution in [0.2, 0.25) is 0 Å². The van der Waals surface area contributed by atoms with Gasteiger partial charge in [-0.15, -0.1) is 0 Å². The fraction of sp³-hybridized carbons (Fsp3) is 0.450. The summed E-state index contributed by atoms with van der Waals surface area (Å²) in [6.45, 7) is 1.62. The van der Waals surface area contributed by atoms with Gasteiger partial charge in [-0.3, -0.25) is 4.90 Å². The highest BCUT2D eigenvalue weighted by Gasteiger charge is 2.38. The lowest BCUT2D eigenvalue weighted by molar-refractivity contribution is 0.0851. The van der Waals surface area contributed by atoms with Crippen LogP contribution in [0.25, 0.3) is 0 Å². The third-order valence-electron chi connectivity index (χ3n) is 5.70. The molecule has 2 bridgehead atoms. The standard InChI is InChI=1S/C20H22N2O2/c1-2-18-20(21-11-1)24-19(13-23-18)15-5-3-14(4-6-15)12-22-16-7-8-17(22)10-9-16/h1-6,11,16-17,19H,7-10,12-13H2/t16-,17-,19-/m1/s1. The molecule has 1 aromatic carbocycles. The summed E-state index contributed by atoms with van der Waals surface area (Å²) in [6, 6.07) is 14.2. The van der Waals surface area contributed by atoms with Crippen molar-refractivity contribution in [1.82, 2.24) is 9.88 Å². The van der Waals surface area contributed by atoms with Crippen LogP contribution in [-0.4, -0.2) is 28.6 Å². The number of hydrogen-bond donors (Lipinski definition) is 0. The Morgan fingerprint density at radius 3 is 2.50 bits per heavy atom. The molecule has 0 spiro atoms. The highest BCUT2D eigenvalue weighted by atomic mass is 16.6. The van der Waals surface area contributed by atoms with Crippen LogP contribution in [0.3, 0.4) is 0 Å². The molecule has 0 amide bonds. The number of rotatable bonds is 3. The maximum absolute atomic E-state index is 5.99. The molecule has 124 valence electrons. The van der Waals surface area contributed by atoms with Gasteiger partial charge in [0.15, 0.2) is 11.9 Å². The summed E-state index contributed by atoms with van der Waals surface area (Å²) in [7, 11) is 0. The molecule has 4 heteroatoms. The van der Waals surface area contributed by atoms with Gasteiger partial charge in [-0.05, 0) is 48.9 Å². The monoisotopic (exact) mass is 322 g/mol. The van der Waals surface area contributed by atoms with E-state index in [2.05, 4.69) is 34.1 Å². The maximum Gasteiger partial charge on any atom is 0.257 e. The van der Waals surface area contributed by atoms with Crippen molar-refractivity contribution in [2.45, 2.75) is 50.4 Å². The maximum atomic E-state index is 5.99. The predicted octanol–water partition coefficient (Wildman–Crippen LogP) is 3.72. The molecular weight excluding hydrogens is 300 g/mol. The molecular formula is C20H22N2O2. The van der Waals surface area contributed by atoms with E-state index in [1.165, 1.54) is 31.2 Å². The number of aromatic nitrogens is 1. The molecule has 0 unspecified atom stereocenters. The van der Waals surface area contributed by atoms with E-state index in [1.807, 2.05) is 12.1 Å². The molecule has 0 radical (unpaired) electrons. The van der Waals surface area contributed by atoms with E-state index in [4.69, 9.17) is 9.47 Å². The molecule has 0 aliphatic carbocycles. The van der Waals surface area contributed by atoms with Crippen LogP contribution in [0.15, 0.2) is 42.6 Å². The molecule has 2 saturated heterocycles. The van der Waals surface area contributed by atoms with Crippen molar-refractivity contribution in [1.29, 1.82) is 0 Å². The second-order valence-corrected chi connectivity index (χ2v) is 7.10. The Morgan fingerprint density at radius 1 is 1.00 bits per heavy atom. The molecule has 24 heavy (non-hydrogen) atoms.